The third-order valence-corrected chi connectivity index (χ3v) is 3.26. The number of rotatable bonds is 5. The third-order valence-electron chi connectivity index (χ3n) is 2.26. The van der Waals surface area contributed by atoms with Crippen LogP contribution >= 0.6 is 11.8 Å². The first-order chi connectivity index (χ1) is 9.58. The molecule has 1 aromatic carbocycles. The van der Waals surface area contributed by atoms with Crippen LogP contribution in [0.3, 0.4) is 0 Å². The Morgan fingerprint density at radius 1 is 1.25 bits per heavy atom. The molecule has 20 heavy (non-hydrogen) atoms. The fourth-order valence-corrected chi connectivity index (χ4v) is 2.38. The highest BCUT2D eigenvalue weighted by molar-refractivity contribution is 7.99. The van der Waals surface area contributed by atoms with E-state index in [-0.39, 0.29) is 11.5 Å². The second kappa shape index (κ2) is 6.31. The number of hydrogen-bond acceptors (Lipinski definition) is 7. The van der Waals surface area contributed by atoms with Gasteiger partial charge in [0.1, 0.15) is 6.33 Å². The summed E-state index contributed by atoms with van der Waals surface area (Å²) in [7, 11) is 3.46. The Balaban J connectivity index is 2.39. The molecule has 0 saturated carbocycles. The summed E-state index contributed by atoms with van der Waals surface area (Å²) in [4.78, 5) is 19.6. The van der Waals surface area contributed by atoms with Gasteiger partial charge in [-0.05, 0) is 12.1 Å². The molecule has 2 rings (SSSR count). The molecule has 0 aliphatic heterocycles. The van der Waals surface area contributed by atoms with Crippen LogP contribution in [0.25, 0.3) is 0 Å². The maximum Gasteiger partial charge on any atom is 0.344 e. The fraction of sp³-hybridized carbons (Fsp3) is 0.167. The largest absolute Gasteiger partial charge is 0.344 e. The molecule has 0 unspecified atom stereocenters. The molecule has 0 bridgehead atoms. The standard InChI is InChI=1S/C12H13N5O2S/c1-16(2)15-11-10(17(18)19)12(14-8-13-11)20-9-6-4-3-5-7-9/h3-8H,1-2H3,(H,13,14,15). The van der Waals surface area contributed by atoms with Crippen LogP contribution in [0, 0.1) is 10.1 Å². The lowest BCUT2D eigenvalue weighted by molar-refractivity contribution is -0.387. The highest BCUT2D eigenvalue weighted by Gasteiger charge is 2.23. The molecule has 1 aromatic heterocycles. The summed E-state index contributed by atoms with van der Waals surface area (Å²) in [5, 5.41) is 13.2. The number of hydrazine groups is 1. The highest BCUT2D eigenvalue weighted by atomic mass is 32.2. The van der Waals surface area contributed by atoms with Gasteiger partial charge >= 0.3 is 5.69 Å². The lowest BCUT2D eigenvalue weighted by atomic mass is 10.4. The van der Waals surface area contributed by atoms with Crippen molar-refractivity contribution in [3.05, 3.63) is 46.8 Å². The minimum atomic E-state index is -0.475. The molecule has 1 heterocycles. The van der Waals surface area contributed by atoms with E-state index < -0.39 is 4.92 Å². The first kappa shape index (κ1) is 14.2. The molecule has 0 amide bonds. The topological polar surface area (TPSA) is 84.2 Å². The monoisotopic (exact) mass is 291 g/mol. The van der Waals surface area contributed by atoms with E-state index in [2.05, 4.69) is 15.4 Å². The van der Waals surface area contributed by atoms with E-state index in [1.165, 1.54) is 18.1 Å². The Morgan fingerprint density at radius 2 is 1.95 bits per heavy atom. The van der Waals surface area contributed by atoms with Crippen molar-refractivity contribution in [1.82, 2.24) is 15.0 Å². The van der Waals surface area contributed by atoms with Gasteiger partial charge in [-0.25, -0.2) is 15.0 Å². The molecule has 0 radical (unpaired) electrons. The summed E-state index contributed by atoms with van der Waals surface area (Å²) in [6, 6.07) is 9.37. The lowest BCUT2D eigenvalue weighted by Crippen LogP contribution is -2.21. The second-order valence-electron chi connectivity index (χ2n) is 4.05. The average Bonchev–Trinajstić information content (AvgIpc) is 2.39. The van der Waals surface area contributed by atoms with Crippen LogP contribution in [-0.2, 0) is 0 Å². The van der Waals surface area contributed by atoms with Crippen molar-refractivity contribution in [2.75, 3.05) is 19.5 Å². The average molecular weight is 291 g/mol. The van der Waals surface area contributed by atoms with Crippen LogP contribution in [-0.4, -0.2) is 34.0 Å². The van der Waals surface area contributed by atoms with E-state index >= 15 is 0 Å². The molecule has 0 atom stereocenters. The normalized spacial score (nSPS) is 10.6. The molecule has 8 heteroatoms. The van der Waals surface area contributed by atoms with Crippen LogP contribution in [0.15, 0.2) is 46.6 Å². The zero-order chi connectivity index (χ0) is 14.5. The Labute approximate surface area is 120 Å². The number of nitro groups is 1. The van der Waals surface area contributed by atoms with Gasteiger partial charge in [0.25, 0.3) is 0 Å². The first-order valence-electron chi connectivity index (χ1n) is 5.74. The smallest absolute Gasteiger partial charge is 0.298 e. The van der Waals surface area contributed by atoms with E-state index in [1.54, 1.807) is 19.1 Å². The van der Waals surface area contributed by atoms with Crippen LogP contribution in [0.1, 0.15) is 0 Å². The second-order valence-corrected chi connectivity index (χ2v) is 5.12. The van der Waals surface area contributed by atoms with Gasteiger partial charge in [-0.1, -0.05) is 30.0 Å². The van der Waals surface area contributed by atoms with Gasteiger partial charge in [0.15, 0.2) is 5.03 Å². The Hall–Kier alpha value is -2.19. The van der Waals surface area contributed by atoms with Crippen molar-refractivity contribution in [2.24, 2.45) is 0 Å². The van der Waals surface area contributed by atoms with Crippen LogP contribution in [0.2, 0.25) is 0 Å². The molecule has 7 nitrogen and oxygen atoms in total. The molecule has 1 N–H and O–H groups in total. The van der Waals surface area contributed by atoms with Gasteiger partial charge in [-0.3, -0.25) is 15.5 Å². The minimum Gasteiger partial charge on any atom is -0.298 e. The van der Waals surface area contributed by atoms with E-state index in [0.29, 0.717) is 5.03 Å². The zero-order valence-corrected chi connectivity index (χ0v) is 11.8. The molecule has 2 aromatic rings. The quantitative estimate of drug-likeness (QED) is 0.514. The van der Waals surface area contributed by atoms with Crippen molar-refractivity contribution in [1.29, 1.82) is 0 Å². The van der Waals surface area contributed by atoms with Crippen molar-refractivity contribution in [3.63, 3.8) is 0 Å². The van der Waals surface area contributed by atoms with E-state index in [1.807, 2.05) is 30.3 Å². The van der Waals surface area contributed by atoms with Gasteiger partial charge in [0.05, 0.1) is 4.92 Å². The van der Waals surface area contributed by atoms with Crippen molar-refractivity contribution in [2.45, 2.75) is 9.92 Å². The predicted molar refractivity (Wildman–Crippen MR) is 76.6 cm³/mol. The molecule has 0 saturated heterocycles. The maximum atomic E-state index is 11.3. The summed E-state index contributed by atoms with van der Waals surface area (Å²) in [6.07, 6.45) is 1.31. The van der Waals surface area contributed by atoms with Crippen LogP contribution < -0.4 is 5.43 Å². The fourth-order valence-electron chi connectivity index (χ4n) is 1.50. The van der Waals surface area contributed by atoms with E-state index in [9.17, 15) is 10.1 Å². The van der Waals surface area contributed by atoms with Crippen molar-refractivity contribution in [3.8, 4) is 0 Å². The van der Waals surface area contributed by atoms with Crippen molar-refractivity contribution < 1.29 is 4.92 Å². The molecular weight excluding hydrogens is 278 g/mol. The summed E-state index contributed by atoms with van der Waals surface area (Å²) < 4.78 is 0. The predicted octanol–water partition coefficient (Wildman–Crippen LogP) is 2.42. The Morgan fingerprint density at radius 3 is 2.55 bits per heavy atom. The molecule has 0 fully saturated rings. The molecule has 0 aliphatic carbocycles. The number of benzene rings is 1. The van der Waals surface area contributed by atoms with E-state index in [4.69, 9.17) is 0 Å². The zero-order valence-electron chi connectivity index (χ0n) is 11.0. The molecular formula is C12H13N5O2S. The summed E-state index contributed by atoms with van der Waals surface area (Å²) in [5.74, 6) is 0.174. The lowest BCUT2D eigenvalue weighted by Gasteiger charge is -2.13. The van der Waals surface area contributed by atoms with Crippen LogP contribution in [0.5, 0.6) is 0 Å². The number of anilines is 1. The Kier molecular flexibility index (Phi) is 4.49. The van der Waals surface area contributed by atoms with Gasteiger partial charge < -0.3 is 0 Å². The number of aromatic nitrogens is 2. The highest BCUT2D eigenvalue weighted by Crippen LogP contribution is 2.36. The third kappa shape index (κ3) is 3.43. The molecule has 104 valence electrons. The molecule has 0 spiro atoms. The maximum absolute atomic E-state index is 11.3. The number of nitrogens with zero attached hydrogens (tertiary/aromatic N) is 4. The van der Waals surface area contributed by atoms with Gasteiger partial charge in [0.2, 0.25) is 5.82 Å². The van der Waals surface area contributed by atoms with Crippen molar-refractivity contribution >= 4 is 23.3 Å². The SMILES string of the molecule is CN(C)Nc1ncnc(Sc2ccccc2)c1[N+](=O)[O-]. The molecule has 0 aliphatic rings. The minimum absolute atomic E-state index is 0.130. The van der Waals surface area contributed by atoms with Crippen LogP contribution in [0.4, 0.5) is 11.5 Å². The first-order valence-corrected chi connectivity index (χ1v) is 6.56. The van der Waals surface area contributed by atoms with Gasteiger partial charge in [0, 0.05) is 19.0 Å². The summed E-state index contributed by atoms with van der Waals surface area (Å²) in [6.45, 7) is 0. The van der Waals surface area contributed by atoms with Gasteiger partial charge in [-0.2, -0.15) is 0 Å². The summed E-state index contributed by atoms with van der Waals surface area (Å²) >= 11 is 1.23. The number of nitrogens with one attached hydrogen (secondary N) is 1. The number of hydrogen-bond donors (Lipinski definition) is 1. The Bertz CT molecular complexity index is 606. The van der Waals surface area contributed by atoms with Gasteiger partial charge in [-0.15, -0.1) is 0 Å². The van der Waals surface area contributed by atoms with E-state index in [0.717, 1.165) is 4.90 Å². The summed E-state index contributed by atoms with van der Waals surface area (Å²) in [5.41, 5.74) is 2.68.